The molecule has 0 aromatic heterocycles. The summed E-state index contributed by atoms with van der Waals surface area (Å²) in [5, 5.41) is 14.1. The zero-order valence-corrected chi connectivity index (χ0v) is 18.0. The van der Waals surface area contributed by atoms with E-state index in [-0.39, 0.29) is 18.0 Å². The second-order valence-electron chi connectivity index (χ2n) is 7.25. The number of hydrogen-bond donors (Lipinski definition) is 2. The number of halogens is 1. The van der Waals surface area contributed by atoms with Crippen LogP contribution in [-0.4, -0.2) is 17.9 Å². The van der Waals surface area contributed by atoms with Crippen molar-refractivity contribution in [3.8, 4) is 11.5 Å². The van der Waals surface area contributed by atoms with E-state index in [4.69, 9.17) is 9.73 Å². The molecule has 0 saturated heterocycles. The Morgan fingerprint density at radius 1 is 1.07 bits per heavy atom. The maximum Gasteiger partial charge on any atom is 0.126 e. The lowest BCUT2D eigenvalue weighted by molar-refractivity contribution is 0.410. The topological polar surface area (TPSA) is 53.8 Å². The van der Waals surface area contributed by atoms with Crippen molar-refractivity contribution in [1.82, 2.24) is 5.32 Å². The zero-order valence-electron chi connectivity index (χ0n) is 16.4. The van der Waals surface area contributed by atoms with E-state index in [1.807, 2.05) is 30.3 Å². The molecule has 1 aliphatic heterocycles. The number of methoxy groups -OCH3 is 1. The molecule has 3 aromatic carbocycles. The summed E-state index contributed by atoms with van der Waals surface area (Å²) in [6, 6.07) is 21.8. The maximum absolute atomic E-state index is 10.5. The number of phenols is 1. The second-order valence-corrected chi connectivity index (χ2v) is 8.16. The van der Waals surface area contributed by atoms with Crippen LogP contribution in [0.5, 0.6) is 11.5 Å². The first-order valence-electron chi connectivity index (χ1n) is 9.55. The Balaban J connectivity index is 1.77. The molecule has 5 heteroatoms. The minimum absolute atomic E-state index is 0.0718. The number of benzene rings is 3. The fraction of sp³-hybridized carbons (Fsp3) is 0.208. The summed E-state index contributed by atoms with van der Waals surface area (Å²) in [5.74, 6) is 1.08. The number of nitrogens with one attached hydrogen (secondary N) is 1. The molecule has 0 spiro atoms. The van der Waals surface area contributed by atoms with Crippen LogP contribution in [0.3, 0.4) is 0 Å². The molecular weight excluding hydrogens is 428 g/mol. The fourth-order valence-electron chi connectivity index (χ4n) is 3.61. The molecule has 0 amide bonds. The molecule has 2 atom stereocenters. The van der Waals surface area contributed by atoms with Crippen molar-refractivity contribution >= 4 is 21.6 Å². The number of rotatable bonds is 4. The van der Waals surface area contributed by atoms with Crippen molar-refractivity contribution in [2.24, 2.45) is 4.99 Å². The minimum atomic E-state index is -0.200. The Hall–Kier alpha value is -2.63. The predicted molar refractivity (Wildman–Crippen MR) is 120 cm³/mol. The molecule has 4 rings (SSSR count). The number of aliphatic imine (C=N–C) groups is 1. The smallest absolute Gasteiger partial charge is 0.126 e. The van der Waals surface area contributed by atoms with Crippen molar-refractivity contribution in [3.63, 3.8) is 0 Å². The molecule has 1 heterocycles. The lowest BCUT2D eigenvalue weighted by Crippen LogP contribution is -2.33. The lowest BCUT2D eigenvalue weighted by Gasteiger charge is -2.31. The van der Waals surface area contributed by atoms with Gasteiger partial charge in [0.05, 0.1) is 7.11 Å². The molecule has 29 heavy (non-hydrogen) atoms. The van der Waals surface area contributed by atoms with Crippen LogP contribution in [0.2, 0.25) is 0 Å². The van der Waals surface area contributed by atoms with Gasteiger partial charge in [0.15, 0.2) is 0 Å². The molecule has 4 nitrogen and oxygen atoms in total. The van der Waals surface area contributed by atoms with E-state index in [9.17, 15) is 5.11 Å². The average molecular weight is 451 g/mol. The molecule has 3 aromatic rings. The largest absolute Gasteiger partial charge is 0.508 e. The third-order valence-corrected chi connectivity index (χ3v) is 5.70. The summed E-state index contributed by atoms with van der Waals surface area (Å²) in [7, 11) is 1.67. The zero-order chi connectivity index (χ0) is 20.4. The summed E-state index contributed by atoms with van der Waals surface area (Å²) in [6.07, 6.45) is 0.466. The van der Waals surface area contributed by atoms with Crippen molar-refractivity contribution < 1.29 is 9.84 Å². The Kier molecular flexibility index (Phi) is 5.69. The van der Waals surface area contributed by atoms with Crippen molar-refractivity contribution in [3.05, 3.63) is 93.5 Å². The average Bonchev–Trinajstić information content (AvgIpc) is 2.75. The number of ether oxygens (including phenoxy) is 1. The quantitative estimate of drug-likeness (QED) is 0.536. The molecule has 2 N–H and O–H groups in total. The van der Waals surface area contributed by atoms with E-state index < -0.39 is 0 Å². The van der Waals surface area contributed by atoms with Crippen molar-refractivity contribution in [2.45, 2.75) is 25.6 Å². The molecule has 148 valence electrons. The van der Waals surface area contributed by atoms with E-state index in [0.29, 0.717) is 6.42 Å². The minimum Gasteiger partial charge on any atom is -0.508 e. The van der Waals surface area contributed by atoms with Crippen LogP contribution in [-0.2, 0) is 0 Å². The molecule has 0 bridgehead atoms. The third-order valence-electron chi connectivity index (χ3n) is 5.20. The van der Waals surface area contributed by atoms with Crippen LogP contribution in [0.15, 0.2) is 76.2 Å². The van der Waals surface area contributed by atoms with Crippen LogP contribution in [0.1, 0.15) is 40.9 Å². The highest BCUT2D eigenvalue weighted by Gasteiger charge is 2.28. The van der Waals surface area contributed by atoms with Gasteiger partial charge in [-0.3, -0.25) is 10.3 Å². The molecule has 0 saturated carbocycles. The van der Waals surface area contributed by atoms with E-state index in [1.54, 1.807) is 13.2 Å². The van der Waals surface area contributed by atoms with Gasteiger partial charge in [-0.1, -0.05) is 57.9 Å². The van der Waals surface area contributed by atoms with Gasteiger partial charge in [-0.15, -0.1) is 0 Å². The van der Waals surface area contributed by atoms with Crippen LogP contribution in [0, 0.1) is 6.92 Å². The number of aromatic hydroxyl groups is 1. The summed E-state index contributed by atoms with van der Waals surface area (Å²) in [5.41, 5.74) is 5.17. The van der Waals surface area contributed by atoms with Gasteiger partial charge in [0.2, 0.25) is 0 Å². The van der Waals surface area contributed by atoms with Gasteiger partial charge in [0, 0.05) is 28.2 Å². The summed E-state index contributed by atoms with van der Waals surface area (Å²) in [4.78, 5) is 5.01. The molecule has 1 aliphatic rings. The second kappa shape index (κ2) is 8.39. The summed E-state index contributed by atoms with van der Waals surface area (Å²) < 4.78 is 6.33. The van der Waals surface area contributed by atoms with E-state index in [2.05, 4.69) is 58.5 Å². The Morgan fingerprint density at radius 2 is 1.86 bits per heavy atom. The first-order valence-corrected chi connectivity index (χ1v) is 10.3. The van der Waals surface area contributed by atoms with Gasteiger partial charge in [0.25, 0.3) is 0 Å². The van der Waals surface area contributed by atoms with Gasteiger partial charge < -0.3 is 9.84 Å². The first kappa shape index (κ1) is 19.7. The first-order chi connectivity index (χ1) is 14.0. The Labute approximate surface area is 179 Å². The number of aryl methyl sites for hydroxylation is 1. The molecule has 0 unspecified atom stereocenters. The van der Waals surface area contributed by atoms with Crippen LogP contribution >= 0.6 is 15.9 Å². The molecular formula is C24H23BrN2O2. The normalized spacial score (nSPS) is 18.9. The number of phenolic OH excluding ortho intramolecular Hbond substituents is 1. The molecule has 0 fully saturated rings. The SMILES string of the molecule is COc1cccc(C2=N[C@H](c3ccc(C)cc3)N[C@@H](c3cc(Br)ccc3O)C2)c1. The molecule has 0 aliphatic carbocycles. The Morgan fingerprint density at radius 3 is 2.62 bits per heavy atom. The Bertz CT molecular complexity index is 1050. The van der Waals surface area contributed by atoms with Crippen molar-refractivity contribution in [2.75, 3.05) is 7.11 Å². The predicted octanol–water partition coefficient (Wildman–Crippen LogP) is 5.69. The standard InChI is InChI=1S/C24H23BrN2O2/c1-15-6-8-16(9-7-15)24-26-21(17-4-3-5-19(12-17)29-2)14-22(27-24)20-13-18(25)10-11-23(20)28/h3-13,22,24,27-28H,14H2,1-2H3/t22-,24+/m1/s1. The van der Waals surface area contributed by atoms with Gasteiger partial charge >= 0.3 is 0 Å². The van der Waals surface area contributed by atoms with Crippen molar-refractivity contribution in [1.29, 1.82) is 0 Å². The van der Waals surface area contributed by atoms with Crippen LogP contribution < -0.4 is 10.1 Å². The highest BCUT2D eigenvalue weighted by molar-refractivity contribution is 9.10. The van der Waals surface area contributed by atoms with E-state index >= 15 is 0 Å². The summed E-state index contributed by atoms with van der Waals surface area (Å²) >= 11 is 3.52. The number of nitrogens with zero attached hydrogens (tertiary/aromatic N) is 1. The maximum atomic E-state index is 10.5. The lowest BCUT2D eigenvalue weighted by atomic mass is 9.93. The summed E-state index contributed by atoms with van der Waals surface area (Å²) in [6.45, 7) is 2.07. The third kappa shape index (κ3) is 4.36. The fourth-order valence-corrected chi connectivity index (χ4v) is 3.99. The van der Waals surface area contributed by atoms with Gasteiger partial charge in [-0.05, 0) is 48.4 Å². The van der Waals surface area contributed by atoms with E-state index in [1.165, 1.54) is 5.56 Å². The highest BCUT2D eigenvalue weighted by atomic mass is 79.9. The van der Waals surface area contributed by atoms with Gasteiger partial charge in [-0.25, -0.2) is 0 Å². The molecule has 0 radical (unpaired) electrons. The monoisotopic (exact) mass is 450 g/mol. The number of hydrogen-bond acceptors (Lipinski definition) is 4. The van der Waals surface area contributed by atoms with Gasteiger partial charge in [-0.2, -0.15) is 0 Å². The van der Waals surface area contributed by atoms with Crippen LogP contribution in [0.4, 0.5) is 0 Å². The van der Waals surface area contributed by atoms with Crippen LogP contribution in [0.25, 0.3) is 0 Å². The van der Waals surface area contributed by atoms with Gasteiger partial charge in [0.1, 0.15) is 17.7 Å². The highest BCUT2D eigenvalue weighted by Crippen LogP contribution is 2.36. The van der Waals surface area contributed by atoms with E-state index in [0.717, 1.165) is 32.6 Å².